The molecule has 0 atom stereocenters. The van der Waals surface area contributed by atoms with Crippen LogP contribution in [0.15, 0.2) is 65.3 Å². The maximum absolute atomic E-state index is 13.2. The Bertz CT molecular complexity index is 1270. The number of carbonyl (C=O) groups is 1. The van der Waals surface area contributed by atoms with E-state index in [0.717, 1.165) is 12.1 Å². The predicted molar refractivity (Wildman–Crippen MR) is 120 cm³/mol. The van der Waals surface area contributed by atoms with Crippen LogP contribution in [0.3, 0.4) is 0 Å². The molecule has 1 aliphatic heterocycles. The molecule has 1 amide bonds. The number of aromatic nitrogens is 1. The molecule has 4 nitrogen and oxygen atoms in total. The van der Waals surface area contributed by atoms with E-state index < -0.39 is 11.7 Å². The molecule has 2 aromatic carbocycles. The summed E-state index contributed by atoms with van der Waals surface area (Å²) in [6.07, 6.45) is -2.77. The summed E-state index contributed by atoms with van der Waals surface area (Å²) in [5.41, 5.74) is 3.13. The van der Waals surface area contributed by atoms with Gasteiger partial charge in [0.05, 0.1) is 33.2 Å². The normalized spacial score (nSPS) is 15.6. The Morgan fingerprint density at radius 2 is 1.69 bits per heavy atom. The fourth-order valence-corrected chi connectivity index (χ4v) is 3.95. The van der Waals surface area contributed by atoms with Gasteiger partial charge < -0.3 is 4.57 Å². The maximum atomic E-state index is 13.2. The monoisotopic (exact) mass is 457 g/mol. The first kappa shape index (κ1) is 21.9. The summed E-state index contributed by atoms with van der Waals surface area (Å²) in [5.74, 6) is -0.268. The highest BCUT2D eigenvalue weighted by Crippen LogP contribution is 2.35. The number of anilines is 1. The van der Waals surface area contributed by atoms with Gasteiger partial charge in [0.1, 0.15) is 0 Å². The number of hydrogen-bond donors (Lipinski definition) is 0. The van der Waals surface area contributed by atoms with Crippen molar-refractivity contribution in [1.82, 2.24) is 4.57 Å². The Hall–Kier alpha value is -3.32. The zero-order chi connectivity index (χ0) is 23.2. The quantitative estimate of drug-likeness (QED) is 0.410. The molecule has 0 saturated carbocycles. The van der Waals surface area contributed by atoms with Gasteiger partial charge in [-0.3, -0.25) is 4.79 Å². The number of para-hydroxylation sites is 1. The van der Waals surface area contributed by atoms with Crippen LogP contribution in [0.25, 0.3) is 11.8 Å². The zero-order valence-corrected chi connectivity index (χ0v) is 18.3. The number of hydrogen-bond acceptors (Lipinski definition) is 2. The minimum atomic E-state index is -4.48. The van der Waals surface area contributed by atoms with Crippen LogP contribution in [-0.2, 0) is 11.0 Å². The molecule has 3 aromatic rings. The molecule has 2 heterocycles. The first-order chi connectivity index (χ1) is 15.1. The van der Waals surface area contributed by atoms with Crippen molar-refractivity contribution in [3.63, 3.8) is 0 Å². The minimum absolute atomic E-state index is 0.198. The highest BCUT2D eigenvalue weighted by molar-refractivity contribution is 6.33. The maximum Gasteiger partial charge on any atom is 0.416 e. The molecule has 164 valence electrons. The van der Waals surface area contributed by atoms with Gasteiger partial charge in [-0.1, -0.05) is 29.8 Å². The lowest BCUT2D eigenvalue weighted by molar-refractivity contribution is -0.137. The number of aryl methyl sites for hydroxylation is 1. The van der Waals surface area contributed by atoms with E-state index in [1.807, 2.05) is 24.3 Å². The van der Waals surface area contributed by atoms with Crippen molar-refractivity contribution in [2.75, 3.05) is 5.01 Å². The second-order valence-corrected chi connectivity index (χ2v) is 7.93. The average Bonchev–Trinajstić information content (AvgIpc) is 3.18. The van der Waals surface area contributed by atoms with Crippen LogP contribution in [0.5, 0.6) is 0 Å². The number of rotatable bonds is 3. The van der Waals surface area contributed by atoms with Crippen molar-refractivity contribution in [3.05, 3.63) is 87.7 Å². The molecular weight excluding hydrogens is 439 g/mol. The molecule has 4 rings (SSSR count). The van der Waals surface area contributed by atoms with Crippen LogP contribution in [0.4, 0.5) is 18.9 Å². The first-order valence-electron chi connectivity index (χ1n) is 9.81. The summed E-state index contributed by atoms with van der Waals surface area (Å²) in [5, 5.41) is 5.90. The van der Waals surface area contributed by atoms with E-state index in [2.05, 4.69) is 5.10 Å². The van der Waals surface area contributed by atoms with Gasteiger partial charge >= 0.3 is 6.18 Å². The summed E-state index contributed by atoms with van der Waals surface area (Å²) in [6, 6.07) is 14.1. The molecule has 0 aliphatic carbocycles. The molecule has 0 radical (unpaired) electrons. The third-order valence-corrected chi connectivity index (χ3v) is 5.67. The van der Waals surface area contributed by atoms with Gasteiger partial charge in [-0.15, -0.1) is 0 Å². The van der Waals surface area contributed by atoms with E-state index in [0.29, 0.717) is 33.9 Å². The van der Waals surface area contributed by atoms with Crippen molar-refractivity contribution in [1.29, 1.82) is 0 Å². The first-order valence-corrected chi connectivity index (χ1v) is 10.2. The zero-order valence-electron chi connectivity index (χ0n) is 17.5. The molecule has 0 N–H and O–H groups in total. The molecule has 0 unspecified atom stereocenters. The molecule has 0 bridgehead atoms. The molecular formula is C24H19ClF3N3O. The number of carbonyl (C=O) groups excluding carboxylic acids is 1. The number of halogens is 4. The Balaban J connectivity index is 1.76. The molecule has 32 heavy (non-hydrogen) atoms. The van der Waals surface area contributed by atoms with Gasteiger partial charge in [0.2, 0.25) is 0 Å². The van der Waals surface area contributed by atoms with Gasteiger partial charge in [0.25, 0.3) is 5.91 Å². The summed E-state index contributed by atoms with van der Waals surface area (Å²) >= 11 is 6.25. The second kappa shape index (κ2) is 7.98. The fourth-order valence-electron chi connectivity index (χ4n) is 3.75. The van der Waals surface area contributed by atoms with Gasteiger partial charge in [-0.25, -0.2) is 0 Å². The SMILES string of the molecule is CC1=NN(c2ccccc2)C(=O)/C1=C\c1cc(C)n(-c2cc(C(F)(F)F)ccc2Cl)c1C. The van der Waals surface area contributed by atoms with Crippen LogP contribution in [0, 0.1) is 13.8 Å². The third-order valence-electron chi connectivity index (χ3n) is 5.35. The standard InChI is InChI=1S/C24H19ClF3N3O/c1-14-11-17(12-20-15(2)29-31(23(20)32)19-7-5-4-6-8-19)16(3)30(14)22-13-18(24(26,27)28)9-10-21(22)25/h4-13H,1-3H3/b20-12-. The largest absolute Gasteiger partial charge is 0.416 e. The van der Waals surface area contributed by atoms with E-state index in [1.54, 1.807) is 43.5 Å². The van der Waals surface area contributed by atoms with Crippen molar-refractivity contribution in [2.45, 2.75) is 26.9 Å². The second-order valence-electron chi connectivity index (χ2n) is 7.52. The van der Waals surface area contributed by atoms with Crippen molar-refractivity contribution < 1.29 is 18.0 Å². The Kier molecular flexibility index (Phi) is 5.46. The van der Waals surface area contributed by atoms with Gasteiger partial charge in [0, 0.05) is 11.4 Å². The molecule has 0 spiro atoms. The van der Waals surface area contributed by atoms with Crippen molar-refractivity contribution >= 4 is 35.0 Å². The predicted octanol–water partition coefficient (Wildman–Crippen LogP) is 6.57. The number of amides is 1. The number of nitrogens with zero attached hydrogens (tertiary/aromatic N) is 3. The number of hydrazone groups is 1. The molecule has 0 fully saturated rings. The third kappa shape index (κ3) is 3.84. The molecule has 1 aromatic heterocycles. The lowest BCUT2D eigenvalue weighted by atomic mass is 10.1. The Morgan fingerprint density at radius 1 is 1.00 bits per heavy atom. The van der Waals surface area contributed by atoms with E-state index in [9.17, 15) is 18.0 Å². The summed E-state index contributed by atoms with van der Waals surface area (Å²) in [7, 11) is 0. The topological polar surface area (TPSA) is 37.6 Å². The van der Waals surface area contributed by atoms with Crippen LogP contribution in [0.1, 0.15) is 29.4 Å². The van der Waals surface area contributed by atoms with Crippen LogP contribution >= 0.6 is 11.6 Å². The minimum Gasteiger partial charge on any atom is -0.316 e. The summed E-state index contributed by atoms with van der Waals surface area (Å²) in [4.78, 5) is 13.0. The number of benzene rings is 2. The lowest BCUT2D eigenvalue weighted by Crippen LogP contribution is -2.21. The van der Waals surface area contributed by atoms with Crippen LogP contribution in [-0.4, -0.2) is 16.2 Å². The number of alkyl halides is 3. The van der Waals surface area contributed by atoms with Crippen LogP contribution in [0.2, 0.25) is 5.02 Å². The summed E-state index contributed by atoms with van der Waals surface area (Å²) < 4.78 is 41.4. The Labute approximate surface area is 188 Å². The smallest absolute Gasteiger partial charge is 0.316 e. The highest BCUT2D eigenvalue weighted by Gasteiger charge is 2.32. The van der Waals surface area contributed by atoms with Crippen LogP contribution < -0.4 is 5.01 Å². The van der Waals surface area contributed by atoms with Crippen molar-refractivity contribution in [2.24, 2.45) is 5.10 Å². The highest BCUT2D eigenvalue weighted by atomic mass is 35.5. The average molecular weight is 458 g/mol. The molecule has 0 saturated heterocycles. The van der Waals surface area contributed by atoms with Crippen molar-refractivity contribution in [3.8, 4) is 5.69 Å². The Morgan fingerprint density at radius 3 is 2.34 bits per heavy atom. The van der Waals surface area contributed by atoms with E-state index in [-0.39, 0.29) is 16.6 Å². The lowest BCUT2D eigenvalue weighted by Gasteiger charge is -2.15. The fraction of sp³-hybridized carbons (Fsp3) is 0.167. The van der Waals surface area contributed by atoms with Gasteiger partial charge in [-0.05, 0) is 68.8 Å². The van der Waals surface area contributed by atoms with E-state index >= 15 is 0 Å². The molecule has 8 heteroatoms. The van der Waals surface area contributed by atoms with Gasteiger partial charge in [-0.2, -0.15) is 23.3 Å². The van der Waals surface area contributed by atoms with E-state index in [4.69, 9.17) is 11.6 Å². The van der Waals surface area contributed by atoms with Gasteiger partial charge in [0.15, 0.2) is 0 Å². The van der Waals surface area contributed by atoms with E-state index in [1.165, 1.54) is 11.1 Å². The summed E-state index contributed by atoms with van der Waals surface area (Å²) in [6.45, 7) is 5.30. The molecule has 1 aliphatic rings.